The van der Waals surface area contributed by atoms with E-state index in [1.54, 1.807) is 7.05 Å². The number of hydrogen-bond acceptors (Lipinski definition) is 4. The molecule has 0 N–H and O–H groups in total. The molecular weight excluding hydrogens is 367 g/mol. The van der Waals surface area contributed by atoms with Gasteiger partial charge in [0.15, 0.2) is 11.2 Å². The Labute approximate surface area is 149 Å². The fourth-order valence-corrected chi connectivity index (χ4v) is 2.87. The van der Waals surface area contributed by atoms with E-state index in [9.17, 15) is 27.6 Å². The van der Waals surface area contributed by atoms with Crippen molar-refractivity contribution in [3.63, 3.8) is 0 Å². The van der Waals surface area contributed by atoms with Crippen LogP contribution in [-0.4, -0.2) is 23.3 Å². The van der Waals surface area contributed by atoms with Crippen LogP contribution in [0.15, 0.2) is 39.0 Å². The quantitative estimate of drug-likeness (QED) is 0.664. The second-order valence-corrected chi connectivity index (χ2v) is 6.13. The average Bonchev–Trinajstić information content (AvgIpc) is 2.98. The van der Waals surface area contributed by atoms with Gasteiger partial charge in [0.1, 0.15) is 0 Å². The van der Waals surface area contributed by atoms with E-state index in [2.05, 4.69) is 4.98 Å². The fourth-order valence-electron chi connectivity index (χ4n) is 2.87. The zero-order chi connectivity index (χ0) is 19.9. The topological polar surface area (TPSA) is 83.8 Å². The summed E-state index contributed by atoms with van der Waals surface area (Å²) in [4.78, 5) is 40.7. The minimum absolute atomic E-state index is 0.0463. The van der Waals surface area contributed by atoms with Crippen molar-refractivity contribution in [3.05, 3.63) is 61.4 Å². The first kappa shape index (κ1) is 18.7. The van der Waals surface area contributed by atoms with Crippen LogP contribution in [0, 0.1) is 0 Å². The van der Waals surface area contributed by atoms with Crippen molar-refractivity contribution in [2.24, 2.45) is 14.1 Å². The zero-order valence-corrected chi connectivity index (χ0v) is 14.5. The Morgan fingerprint density at radius 1 is 1.07 bits per heavy atom. The molecule has 0 aliphatic heterocycles. The van der Waals surface area contributed by atoms with Gasteiger partial charge < -0.3 is 9.13 Å². The van der Waals surface area contributed by atoms with Crippen molar-refractivity contribution in [3.8, 4) is 0 Å². The smallest absolute Gasteiger partial charge is 0.328 e. The molecule has 0 unspecified atom stereocenters. The van der Waals surface area contributed by atoms with E-state index < -0.39 is 28.5 Å². The number of nitrogens with zero attached hydrogens (tertiary/aromatic N) is 5. The Kier molecular flexibility index (Phi) is 4.54. The van der Waals surface area contributed by atoms with Crippen LogP contribution < -0.4 is 16.8 Å². The number of pyridine rings is 1. The Bertz CT molecular complexity index is 1180. The number of imidazole rings is 1. The summed E-state index contributed by atoms with van der Waals surface area (Å²) in [5, 5.41) is 0. The summed E-state index contributed by atoms with van der Waals surface area (Å²) in [6, 6.07) is 1.56. The molecule has 0 fully saturated rings. The summed E-state index contributed by atoms with van der Waals surface area (Å²) in [5.74, 6) is 0. The summed E-state index contributed by atoms with van der Waals surface area (Å²) in [7, 11) is 3.10. The maximum absolute atomic E-state index is 12.8. The number of alkyl halides is 3. The molecule has 0 saturated heterocycles. The number of halogens is 3. The second-order valence-electron chi connectivity index (χ2n) is 6.13. The SMILES string of the molecule is Cn1cnc2c1c(=O)n(CCCn1cc(C(F)(F)F)ccc1=O)c(=O)n2C. The van der Waals surface area contributed by atoms with E-state index in [0.29, 0.717) is 0 Å². The number of hydrogen-bond donors (Lipinski definition) is 0. The molecule has 0 spiro atoms. The van der Waals surface area contributed by atoms with Gasteiger partial charge in [0.05, 0.1) is 11.9 Å². The third kappa shape index (κ3) is 3.32. The molecule has 0 saturated carbocycles. The minimum atomic E-state index is -4.56. The summed E-state index contributed by atoms with van der Waals surface area (Å²) >= 11 is 0. The van der Waals surface area contributed by atoms with Crippen molar-refractivity contribution in [1.29, 1.82) is 0 Å². The van der Waals surface area contributed by atoms with Crippen LogP contribution >= 0.6 is 0 Å². The Morgan fingerprint density at radius 2 is 1.78 bits per heavy atom. The van der Waals surface area contributed by atoms with Gasteiger partial charge in [-0.05, 0) is 12.5 Å². The molecule has 0 atom stereocenters. The summed E-state index contributed by atoms with van der Waals surface area (Å²) in [5.41, 5.74) is -2.16. The molecule has 0 bridgehead atoms. The maximum atomic E-state index is 12.8. The van der Waals surface area contributed by atoms with E-state index in [-0.39, 0.29) is 30.7 Å². The van der Waals surface area contributed by atoms with Crippen LogP contribution in [0.4, 0.5) is 13.2 Å². The predicted molar refractivity (Wildman–Crippen MR) is 90.5 cm³/mol. The predicted octanol–water partition coefficient (Wildman–Crippen LogP) is 0.704. The molecule has 3 rings (SSSR count). The standard InChI is InChI=1S/C16H16F3N5O3/c1-21-9-20-13-12(21)14(26)24(15(27)22(13)2)7-3-6-23-8-10(16(17,18)19)4-5-11(23)25/h4-5,8-9H,3,6-7H2,1-2H3. The van der Waals surface area contributed by atoms with Crippen LogP contribution in [-0.2, 0) is 33.4 Å². The number of aryl methyl sites for hydroxylation is 3. The van der Waals surface area contributed by atoms with Crippen LogP contribution in [0.5, 0.6) is 0 Å². The normalized spacial score (nSPS) is 12.0. The van der Waals surface area contributed by atoms with Gasteiger partial charge in [-0.2, -0.15) is 13.2 Å². The Hall–Kier alpha value is -3.11. The van der Waals surface area contributed by atoms with Gasteiger partial charge in [0, 0.05) is 39.4 Å². The van der Waals surface area contributed by atoms with Crippen molar-refractivity contribution in [2.45, 2.75) is 25.7 Å². The van der Waals surface area contributed by atoms with E-state index in [1.165, 1.54) is 22.5 Å². The molecule has 0 aliphatic rings. The van der Waals surface area contributed by atoms with E-state index in [4.69, 9.17) is 0 Å². The van der Waals surface area contributed by atoms with Gasteiger partial charge in [-0.3, -0.25) is 18.7 Å². The molecule has 3 heterocycles. The van der Waals surface area contributed by atoms with Crippen molar-refractivity contribution < 1.29 is 13.2 Å². The van der Waals surface area contributed by atoms with Gasteiger partial charge in [0.2, 0.25) is 0 Å². The molecule has 144 valence electrons. The summed E-state index contributed by atoms with van der Waals surface area (Å²) < 4.78 is 43.0. The van der Waals surface area contributed by atoms with E-state index in [0.717, 1.165) is 27.5 Å². The first-order chi connectivity index (χ1) is 12.6. The lowest BCUT2D eigenvalue weighted by atomic mass is 10.2. The monoisotopic (exact) mass is 383 g/mol. The number of rotatable bonds is 4. The van der Waals surface area contributed by atoms with Crippen molar-refractivity contribution >= 4 is 11.2 Å². The van der Waals surface area contributed by atoms with Gasteiger partial charge in [0.25, 0.3) is 11.1 Å². The highest BCUT2D eigenvalue weighted by atomic mass is 19.4. The number of aromatic nitrogens is 5. The molecule has 11 heteroatoms. The van der Waals surface area contributed by atoms with Gasteiger partial charge >= 0.3 is 11.9 Å². The van der Waals surface area contributed by atoms with Gasteiger partial charge in [-0.15, -0.1) is 0 Å². The minimum Gasteiger partial charge on any atom is -0.328 e. The van der Waals surface area contributed by atoms with Crippen LogP contribution in [0.25, 0.3) is 11.2 Å². The molecule has 0 amide bonds. The second kappa shape index (κ2) is 6.56. The maximum Gasteiger partial charge on any atom is 0.417 e. The average molecular weight is 383 g/mol. The summed E-state index contributed by atoms with van der Waals surface area (Å²) in [6.07, 6.45) is -2.29. The first-order valence-electron chi connectivity index (χ1n) is 8.00. The zero-order valence-electron chi connectivity index (χ0n) is 14.5. The van der Waals surface area contributed by atoms with Crippen LogP contribution in [0.2, 0.25) is 0 Å². The molecule has 0 aromatic carbocycles. The highest BCUT2D eigenvalue weighted by Crippen LogP contribution is 2.28. The molecule has 27 heavy (non-hydrogen) atoms. The molecule has 8 nitrogen and oxygen atoms in total. The van der Waals surface area contributed by atoms with Crippen LogP contribution in [0.1, 0.15) is 12.0 Å². The highest BCUT2D eigenvalue weighted by molar-refractivity contribution is 5.69. The lowest BCUT2D eigenvalue weighted by Crippen LogP contribution is -2.40. The third-order valence-corrected chi connectivity index (χ3v) is 4.29. The van der Waals surface area contributed by atoms with Crippen LogP contribution in [0.3, 0.4) is 0 Å². The first-order valence-corrected chi connectivity index (χ1v) is 8.00. The molecule has 0 aliphatic carbocycles. The van der Waals surface area contributed by atoms with E-state index >= 15 is 0 Å². The Morgan fingerprint density at radius 3 is 2.44 bits per heavy atom. The fraction of sp³-hybridized carbons (Fsp3) is 0.375. The van der Waals surface area contributed by atoms with E-state index in [1.807, 2.05) is 0 Å². The highest BCUT2D eigenvalue weighted by Gasteiger charge is 2.31. The molecule has 3 aromatic heterocycles. The lowest BCUT2D eigenvalue weighted by molar-refractivity contribution is -0.138. The molecule has 0 radical (unpaired) electrons. The largest absolute Gasteiger partial charge is 0.417 e. The molecule has 3 aromatic rings. The van der Waals surface area contributed by atoms with Gasteiger partial charge in [-0.1, -0.05) is 0 Å². The third-order valence-electron chi connectivity index (χ3n) is 4.29. The Balaban J connectivity index is 1.89. The lowest BCUT2D eigenvalue weighted by Gasteiger charge is -2.12. The number of fused-ring (bicyclic) bond motifs is 1. The van der Waals surface area contributed by atoms with Crippen molar-refractivity contribution in [1.82, 2.24) is 23.3 Å². The summed E-state index contributed by atoms with van der Waals surface area (Å²) in [6.45, 7) is -0.114. The molecular formula is C16H16F3N5O3. The van der Waals surface area contributed by atoms with Gasteiger partial charge in [-0.25, -0.2) is 9.78 Å². The van der Waals surface area contributed by atoms with Crippen molar-refractivity contribution in [2.75, 3.05) is 0 Å².